The van der Waals surface area contributed by atoms with Crippen LogP contribution >= 0.6 is 0 Å². The van der Waals surface area contributed by atoms with Crippen molar-refractivity contribution in [2.75, 3.05) is 35.7 Å². The first-order valence-electron chi connectivity index (χ1n) is 12.9. The molecule has 0 atom stereocenters. The van der Waals surface area contributed by atoms with Crippen LogP contribution in [-0.2, 0) is 6.18 Å². The Labute approximate surface area is 233 Å². The van der Waals surface area contributed by atoms with E-state index in [2.05, 4.69) is 25.6 Å². The van der Waals surface area contributed by atoms with E-state index in [0.717, 1.165) is 31.4 Å². The Morgan fingerprint density at radius 2 is 1.78 bits per heavy atom. The van der Waals surface area contributed by atoms with Crippen molar-refractivity contribution in [3.05, 3.63) is 83.9 Å². The molecule has 8 nitrogen and oxygen atoms in total. The van der Waals surface area contributed by atoms with Crippen LogP contribution in [0.4, 0.5) is 34.9 Å². The number of anilines is 3. The molecule has 0 unspecified atom stereocenters. The van der Waals surface area contributed by atoms with Crippen LogP contribution in [0.2, 0.25) is 0 Å². The van der Waals surface area contributed by atoms with Gasteiger partial charge in [-0.15, -0.1) is 0 Å². The maximum absolute atomic E-state index is 15.6. The van der Waals surface area contributed by atoms with Gasteiger partial charge < -0.3 is 20.3 Å². The Hall–Kier alpha value is -4.74. The van der Waals surface area contributed by atoms with Gasteiger partial charge in [0.25, 0.3) is 5.91 Å². The molecule has 212 valence electrons. The molecule has 1 aliphatic heterocycles. The van der Waals surface area contributed by atoms with Crippen LogP contribution in [0, 0.1) is 5.82 Å². The van der Waals surface area contributed by atoms with Gasteiger partial charge in [0, 0.05) is 32.5 Å². The number of carbonyl (C=O) groups excluding carboxylic acids is 1. The number of amides is 1. The smallest absolute Gasteiger partial charge is 0.416 e. The van der Waals surface area contributed by atoms with E-state index in [1.54, 1.807) is 31.4 Å². The van der Waals surface area contributed by atoms with Crippen LogP contribution in [0.25, 0.3) is 11.3 Å². The third-order valence-electron chi connectivity index (χ3n) is 6.61. The molecule has 0 radical (unpaired) electrons. The molecule has 0 aliphatic carbocycles. The number of benzene rings is 2. The average Bonchev–Trinajstić information content (AvgIpc) is 2.98. The molecule has 5 rings (SSSR count). The van der Waals surface area contributed by atoms with Crippen molar-refractivity contribution in [1.29, 1.82) is 0 Å². The van der Waals surface area contributed by atoms with E-state index >= 15 is 4.39 Å². The fourth-order valence-corrected chi connectivity index (χ4v) is 4.58. The van der Waals surface area contributed by atoms with Gasteiger partial charge in [0.15, 0.2) is 11.6 Å². The van der Waals surface area contributed by atoms with Gasteiger partial charge in [-0.2, -0.15) is 13.2 Å². The molecule has 2 aromatic carbocycles. The van der Waals surface area contributed by atoms with E-state index in [0.29, 0.717) is 36.0 Å². The Morgan fingerprint density at radius 3 is 2.54 bits per heavy atom. The summed E-state index contributed by atoms with van der Waals surface area (Å²) in [7, 11) is 1.67. The van der Waals surface area contributed by atoms with Crippen LogP contribution in [0.5, 0.6) is 11.6 Å². The van der Waals surface area contributed by atoms with Gasteiger partial charge in [-0.1, -0.05) is 6.07 Å². The first-order chi connectivity index (χ1) is 19.7. The standard InChI is InChI=1S/C29H26F4N6O2/c1-34-28-36-14-12-21(38-28)19-8-6-13-35-27(19)41-24-9-5-7-20(25(24)30)26(40)37-22-17-18(29(31,32)33)10-11-23(22)39-15-3-2-4-16-39/h5-14,17H,2-4,15-16H2,1H3,(H,37,40)(H,34,36,38). The Balaban J connectivity index is 1.45. The largest absolute Gasteiger partial charge is 0.435 e. The van der Waals surface area contributed by atoms with Crippen LogP contribution in [0.15, 0.2) is 67.0 Å². The zero-order valence-corrected chi connectivity index (χ0v) is 22.0. The molecule has 1 aliphatic rings. The number of pyridine rings is 1. The molecule has 4 aromatic rings. The molecule has 2 N–H and O–H groups in total. The SMILES string of the molecule is CNc1nccc(-c2cccnc2Oc2cccc(C(=O)Nc3cc(C(F)(F)F)ccc3N3CCCCC3)c2F)n1. The summed E-state index contributed by atoms with van der Waals surface area (Å²) >= 11 is 0. The molecular formula is C29H26F4N6O2. The summed E-state index contributed by atoms with van der Waals surface area (Å²) < 4.78 is 61.9. The predicted octanol–water partition coefficient (Wildman–Crippen LogP) is 6.77. The lowest BCUT2D eigenvalue weighted by atomic mass is 10.1. The molecule has 12 heteroatoms. The molecule has 1 amide bonds. The van der Waals surface area contributed by atoms with E-state index in [-0.39, 0.29) is 17.3 Å². The molecular weight excluding hydrogens is 540 g/mol. The minimum Gasteiger partial charge on any atom is -0.435 e. The molecule has 0 spiro atoms. The number of halogens is 4. The van der Waals surface area contributed by atoms with Gasteiger partial charge in [0.2, 0.25) is 11.8 Å². The van der Waals surface area contributed by atoms with Crippen molar-refractivity contribution in [1.82, 2.24) is 15.0 Å². The third-order valence-corrected chi connectivity index (χ3v) is 6.61. The maximum atomic E-state index is 15.6. The number of ether oxygens (including phenoxy) is 1. The topological polar surface area (TPSA) is 92.3 Å². The summed E-state index contributed by atoms with van der Waals surface area (Å²) in [4.78, 5) is 27.8. The number of hydrogen-bond donors (Lipinski definition) is 2. The highest BCUT2D eigenvalue weighted by molar-refractivity contribution is 6.06. The number of hydrogen-bond acceptors (Lipinski definition) is 7. The number of nitrogens with zero attached hydrogens (tertiary/aromatic N) is 4. The average molecular weight is 567 g/mol. The summed E-state index contributed by atoms with van der Waals surface area (Å²) in [5.41, 5.74) is 0.00474. The molecule has 0 saturated carbocycles. The normalized spacial score (nSPS) is 13.5. The van der Waals surface area contributed by atoms with Gasteiger partial charge in [-0.3, -0.25) is 4.79 Å². The Morgan fingerprint density at radius 1 is 0.976 bits per heavy atom. The molecule has 0 bridgehead atoms. The molecule has 3 heterocycles. The monoisotopic (exact) mass is 566 g/mol. The summed E-state index contributed by atoms with van der Waals surface area (Å²) in [6, 6.07) is 12.2. The van der Waals surface area contributed by atoms with Gasteiger partial charge in [-0.25, -0.2) is 19.3 Å². The fraction of sp³-hybridized carbons (Fsp3) is 0.241. The minimum absolute atomic E-state index is 0.0370. The van der Waals surface area contributed by atoms with E-state index in [1.165, 1.54) is 30.5 Å². The molecule has 41 heavy (non-hydrogen) atoms. The zero-order valence-electron chi connectivity index (χ0n) is 22.0. The predicted molar refractivity (Wildman–Crippen MR) is 147 cm³/mol. The van der Waals surface area contributed by atoms with Crippen LogP contribution in [0.3, 0.4) is 0 Å². The quantitative estimate of drug-likeness (QED) is 0.239. The Bertz CT molecular complexity index is 1560. The van der Waals surface area contributed by atoms with Crippen molar-refractivity contribution in [3.8, 4) is 22.9 Å². The lowest BCUT2D eigenvalue weighted by Crippen LogP contribution is -2.30. The summed E-state index contributed by atoms with van der Waals surface area (Å²) in [5.74, 6) is -1.80. The van der Waals surface area contributed by atoms with E-state index in [1.807, 2.05) is 4.90 Å². The fourth-order valence-electron chi connectivity index (χ4n) is 4.58. The van der Waals surface area contributed by atoms with Crippen LogP contribution in [-0.4, -0.2) is 41.0 Å². The zero-order chi connectivity index (χ0) is 29.0. The van der Waals surface area contributed by atoms with E-state index in [4.69, 9.17) is 4.74 Å². The number of piperidine rings is 1. The number of rotatable bonds is 7. The van der Waals surface area contributed by atoms with Gasteiger partial charge in [-0.05, 0) is 67.8 Å². The van der Waals surface area contributed by atoms with E-state index < -0.39 is 29.0 Å². The summed E-state index contributed by atoms with van der Waals surface area (Å²) in [5, 5.41) is 5.34. The highest BCUT2D eigenvalue weighted by atomic mass is 19.4. The highest BCUT2D eigenvalue weighted by Crippen LogP contribution is 2.37. The van der Waals surface area contributed by atoms with E-state index in [9.17, 15) is 18.0 Å². The van der Waals surface area contributed by atoms with Gasteiger partial charge >= 0.3 is 6.18 Å². The van der Waals surface area contributed by atoms with Crippen LogP contribution < -0.4 is 20.3 Å². The second kappa shape index (κ2) is 11.8. The third kappa shape index (κ3) is 6.21. The second-order valence-electron chi connectivity index (χ2n) is 9.32. The first-order valence-corrected chi connectivity index (χ1v) is 12.9. The number of carbonyl (C=O) groups is 1. The van der Waals surface area contributed by atoms with Crippen molar-refractivity contribution in [3.63, 3.8) is 0 Å². The van der Waals surface area contributed by atoms with Crippen LogP contribution in [0.1, 0.15) is 35.2 Å². The maximum Gasteiger partial charge on any atom is 0.416 e. The lowest BCUT2D eigenvalue weighted by Gasteiger charge is -2.31. The minimum atomic E-state index is -4.61. The van der Waals surface area contributed by atoms with Gasteiger partial charge in [0.05, 0.1) is 33.8 Å². The highest BCUT2D eigenvalue weighted by Gasteiger charge is 2.32. The first kappa shape index (κ1) is 27.8. The Kier molecular flexibility index (Phi) is 7.99. The number of nitrogens with one attached hydrogen (secondary N) is 2. The summed E-state index contributed by atoms with van der Waals surface area (Å²) in [6.45, 7) is 1.28. The lowest BCUT2D eigenvalue weighted by molar-refractivity contribution is -0.137. The molecule has 1 saturated heterocycles. The summed E-state index contributed by atoms with van der Waals surface area (Å²) in [6.07, 6.45) is 1.16. The van der Waals surface area contributed by atoms with Crippen molar-refractivity contribution in [2.24, 2.45) is 0 Å². The van der Waals surface area contributed by atoms with Crippen molar-refractivity contribution < 1.29 is 27.1 Å². The molecule has 1 fully saturated rings. The van der Waals surface area contributed by atoms with Gasteiger partial charge in [0.1, 0.15) is 0 Å². The van der Waals surface area contributed by atoms with Crippen molar-refractivity contribution >= 4 is 23.2 Å². The molecule has 2 aromatic heterocycles. The second-order valence-corrected chi connectivity index (χ2v) is 9.32. The van der Waals surface area contributed by atoms with Crippen molar-refractivity contribution in [2.45, 2.75) is 25.4 Å². The number of alkyl halides is 3. The number of aromatic nitrogens is 3.